The lowest BCUT2D eigenvalue weighted by molar-refractivity contribution is 0.0437. The van der Waals surface area contributed by atoms with Crippen LogP contribution in [-0.4, -0.2) is 12.5 Å². The monoisotopic (exact) mass is 287 g/mol. The van der Waals surface area contributed by atoms with E-state index < -0.39 is 5.91 Å². The summed E-state index contributed by atoms with van der Waals surface area (Å²) in [6.07, 6.45) is 4.95. The summed E-state index contributed by atoms with van der Waals surface area (Å²) in [4.78, 5) is 16.2. The Morgan fingerprint density at radius 3 is 3.07 bits per heavy atom. The van der Waals surface area contributed by atoms with E-state index in [2.05, 4.69) is 27.3 Å². The summed E-state index contributed by atoms with van der Waals surface area (Å²) >= 11 is 8.97. The highest BCUT2D eigenvalue weighted by Gasteiger charge is 2.10. The van der Waals surface area contributed by atoms with Gasteiger partial charge < -0.3 is 0 Å². The van der Waals surface area contributed by atoms with Crippen LogP contribution in [0.1, 0.15) is 10.4 Å². The summed E-state index contributed by atoms with van der Waals surface area (Å²) in [5.41, 5.74) is 2.59. The maximum atomic E-state index is 11.5. The second-order valence-corrected chi connectivity index (χ2v) is 3.84. The van der Waals surface area contributed by atoms with Crippen LogP contribution in [0.25, 0.3) is 0 Å². The fraction of sp³-hybridized carbons (Fsp3) is 0.100. The Kier molecular flexibility index (Phi) is 4.63. The molecule has 1 aromatic carbocycles. The van der Waals surface area contributed by atoms with Crippen molar-refractivity contribution in [3.8, 4) is 12.3 Å². The van der Waals surface area contributed by atoms with Gasteiger partial charge in [-0.15, -0.1) is 6.42 Å². The van der Waals surface area contributed by atoms with E-state index in [1.807, 2.05) is 0 Å². The largest absolute Gasteiger partial charge is 0.276 e. The highest BCUT2D eigenvalue weighted by atomic mass is 79.9. The van der Waals surface area contributed by atoms with E-state index in [4.69, 9.17) is 22.9 Å². The van der Waals surface area contributed by atoms with E-state index in [1.54, 1.807) is 12.1 Å². The fourth-order valence-corrected chi connectivity index (χ4v) is 1.47. The minimum absolute atomic E-state index is 0.0178. The van der Waals surface area contributed by atoms with E-state index in [-0.39, 0.29) is 6.61 Å². The molecule has 1 aromatic rings. The van der Waals surface area contributed by atoms with Crippen molar-refractivity contribution in [1.29, 1.82) is 0 Å². The predicted molar refractivity (Wildman–Crippen MR) is 61.4 cm³/mol. The van der Waals surface area contributed by atoms with Gasteiger partial charge in [0.25, 0.3) is 5.91 Å². The van der Waals surface area contributed by atoms with Crippen LogP contribution in [0.2, 0.25) is 5.02 Å². The summed E-state index contributed by atoms with van der Waals surface area (Å²) in [6.45, 7) is 0.0178. The molecule has 0 atom stereocenters. The number of hydrogen-bond acceptors (Lipinski definition) is 2. The third-order valence-electron chi connectivity index (χ3n) is 1.49. The van der Waals surface area contributed by atoms with Gasteiger partial charge in [0.15, 0.2) is 0 Å². The molecule has 3 nitrogen and oxygen atoms in total. The van der Waals surface area contributed by atoms with Crippen LogP contribution < -0.4 is 5.48 Å². The van der Waals surface area contributed by atoms with Crippen LogP contribution >= 0.6 is 27.5 Å². The smallest absolute Gasteiger partial charge is 0.267 e. The first-order valence-electron chi connectivity index (χ1n) is 3.96. The zero-order chi connectivity index (χ0) is 11.3. The first-order chi connectivity index (χ1) is 7.15. The van der Waals surface area contributed by atoms with Crippen LogP contribution in [0, 0.1) is 12.3 Å². The summed E-state index contributed by atoms with van der Waals surface area (Å²) in [6, 6.07) is 4.88. The van der Waals surface area contributed by atoms with Gasteiger partial charge in [-0.3, -0.25) is 9.63 Å². The minimum Gasteiger partial charge on any atom is -0.267 e. The van der Waals surface area contributed by atoms with Gasteiger partial charge in [0, 0.05) is 9.50 Å². The first kappa shape index (κ1) is 12.1. The second-order valence-electron chi connectivity index (χ2n) is 2.55. The highest BCUT2D eigenvalue weighted by Crippen LogP contribution is 2.20. The molecule has 0 bridgehead atoms. The van der Waals surface area contributed by atoms with Crippen LogP contribution in [-0.2, 0) is 4.84 Å². The number of benzene rings is 1. The zero-order valence-electron chi connectivity index (χ0n) is 7.59. The molecule has 0 saturated heterocycles. The number of hydrogen-bond donors (Lipinski definition) is 1. The maximum absolute atomic E-state index is 11.5. The Labute approximate surface area is 101 Å². The number of halogens is 2. The fourth-order valence-electron chi connectivity index (χ4n) is 0.870. The minimum atomic E-state index is -0.403. The molecule has 78 valence electrons. The maximum Gasteiger partial charge on any atom is 0.276 e. The molecule has 0 saturated carbocycles. The zero-order valence-corrected chi connectivity index (χ0v) is 9.93. The van der Waals surface area contributed by atoms with E-state index >= 15 is 0 Å². The lowest BCUT2D eigenvalue weighted by Crippen LogP contribution is -2.24. The van der Waals surface area contributed by atoms with Crippen molar-refractivity contribution in [2.75, 3.05) is 6.61 Å². The number of carbonyl (C=O) groups excluding carboxylic acids is 1. The quantitative estimate of drug-likeness (QED) is 0.527. The Balaban J connectivity index is 2.73. The molecule has 0 aromatic heterocycles. The number of hydroxylamine groups is 1. The molecule has 0 unspecified atom stereocenters. The van der Waals surface area contributed by atoms with Gasteiger partial charge in [0.1, 0.15) is 6.61 Å². The molecular weight excluding hydrogens is 281 g/mol. The van der Waals surface area contributed by atoms with Crippen molar-refractivity contribution < 1.29 is 9.63 Å². The van der Waals surface area contributed by atoms with E-state index in [0.717, 1.165) is 0 Å². The molecule has 15 heavy (non-hydrogen) atoms. The molecule has 1 amide bonds. The Morgan fingerprint density at radius 2 is 2.40 bits per heavy atom. The normalized spacial score (nSPS) is 9.40. The molecule has 0 aliphatic carbocycles. The Morgan fingerprint density at radius 1 is 1.67 bits per heavy atom. The third-order valence-corrected chi connectivity index (χ3v) is 2.42. The molecule has 0 radical (unpaired) electrons. The van der Waals surface area contributed by atoms with Crippen molar-refractivity contribution in [3.05, 3.63) is 33.3 Å². The summed E-state index contributed by atoms with van der Waals surface area (Å²) in [7, 11) is 0. The molecule has 1 N–H and O–H groups in total. The highest BCUT2D eigenvalue weighted by molar-refractivity contribution is 9.10. The van der Waals surface area contributed by atoms with Gasteiger partial charge in [-0.05, 0) is 34.1 Å². The summed E-state index contributed by atoms with van der Waals surface area (Å²) in [5, 5.41) is 0.472. The molecule has 0 aliphatic heterocycles. The van der Waals surface area contributed by atoms with Crippen molar-refractivity contribution in [2.45, 2.75) is 0 Å². The molecular formula is C10H7BrClNO2. The molecule has 1 rings (SSSR count). The number of nitrogens with one attached hydrogen (secondary N) is 1. The van der Waals surface area contributed by atoms with Gasteiger partial charge in [-0.25, -0.2) is 5.48 Å². The molecule has 0 fully saturated rings. The summed E-state index contributed by atoms with van der Waals surface area (Å²) in [5.74, 6) is 1.82. The van der Waals surface area contributed by atoms with Crippen molar-refractivity contribution in [3.63, 3.8) is 0 Å². The molecule has 0 aliphatic rings. The number of carbonyl (C=O) groups is 1. The van der Waals surface area contributed by atoms with Gasteiger partial charge >= 0.3 is 0 Å². The average Bonchev–Trinajstić information content (AvgIpc) is 2.22. The Bertz CT molecular complexity index is 414. The van der Waals surface area contributed by atoms with Gasteiger partial charge in [0.05, 0.1) is 5.56 Å². The Hall–Kier alpha value is -1.02. The van der Waals surface area contributed by atoms with Crippen LogP contribution in [0.3, 0.4) is 0 Å². The SMILES string of the molecule is C#CCONC(=O)c1cc(Cl)ccc1Br. The number of terminal acetylenes is 1. The first-order valence-corrected chi connectivity index (χ1v) is 5.13. The predicted octanol–water partition coefficient (Wildman–Crippen LogP) is 2.40. The van der Waals surface area contributed by atoms with Gasteiger partial charge in [0.2, 0.25) is 0 Å². The standard InChI is InChI=1S/C10H7BrClNO2/c1-2-5-15-13-10(14)8-6-7(12)3-4-9(8)11/h1,3-4,6H,5H2,(H,13,14). The van der Waals surface area contributed by atoms with Crippen LogP contribution in [0.4, 0.5) is 0 Å². The van der Waals surface area contributed by atoms with Crippen molar-refractivity contribution >= 4 is 33.4 Å². The van der Waals surface area contributed by atoms with E-state index in [0.29, 0.717) is 15.1 Å². The lowest BCUT2D eigenvalue weighted by atomic mass is 10.2. The number of rotatable bonds is 3. The van der Waals surface area contributed by atoms with Crippen molar-refractivity contribution in [2.24, 2.45) is 0 Å². The van der Waals surface area contributed by atoms with Gasteiger partial charge in [-0.2, -0.15) is 0 Å². The lowest BCUT2D eigenvalue weighted by Gasteiger charge is -2.05. The van der Waals surface area contributed by atoms with Crippen molar-refractivity contribution in [1.82, 2.24) is 5.48 Å². The third kappa shape index (κ3) is 3.56. The number of amides is 1. The van der Waals surface area contributed by atoms with E-state index in [1.165, 1.54) is 6.07 Å². The van der Waals surface area contributed by atoms with E-state index in [9.17, 15) is 4.79 Å². The molecule has 0 heterocycles. The average molecular weight is 289 g/mol. The summed E-state index contributed by atoms with van der Waals surface area (Å²) < 4.78 is 0.633. The van der Waals surface area contributed by atoms with Crippen LogP contribution in [0.5, 0.6) is 0 Å². The molecule has 0 spiro atoms. The second kappa shape index (κ2) is 5.76. The van der Waals surface area contributed by atoms with Gasteiger partial charge in [-0.1, -0.05) is 17.5 Å². The topological polar surface area (TPSA) is 38.3 Å². The molecule has 5 heteroatoms. The van der Waals surface area contributed by atoms with Crippen LogP contribution in [0.15, 0.2) is 22.7 Å².